The zero-order valence-corrected chi connectivity index (χ0v) is 22.6. The summed E-state index contributed by atoms with van der Waals surface area (Å²) in [4.78, 5) is 27.1. The Morgan fingerprint density at radius 2 is 2.10 bits per heavy atom. The molecule has 0 fully saturated rings. The maximum Gasteiger partial charge on any atom is 0.435 e. The Kier molecular flexibility index (Phi) is 8.29. The molecule has 0 saturated heterocycles. The van der Waals surface area contributed by atoms with Crippen LogP contribution in [-0.4, -0.2) is 46.4 Å². The van der Waals surface area contributed by atoms with Crippen LogP contribution in [0.15, 0.2) is 42.6 Å². The van der Waals surface area contributed by atoms with E-state index in [2.05, 4.69) is 16.5 Å². The number of aromatic nitrogens is 2. The van der Waals surface area contributed by atoms with E-state index in [0.717, 1.165) is 22.1 Å². The van der Waals surface area contributed by atoms with Crippen molar-refractivity contribution in [2.45, 2.75) is 45.1 Å². The normalized spacial score (nSPS) is 15.9. The largest absolute Gasteiger partial charge is 0.442 e. The number of hydrogen-bond donors (Lipinski definition) is 1. The lowest BCUT2D eigenvalue weighted by Gasteiger charge is -2.33. The van der Waals surface area contributed by atoms with Gasteiger partial charge in [0.2, 0.25) is 5.91 Å². The minimum Gasteiger partial charge on any atom is -0.442 e. The first-order valence-corrected chi connectivity index (χ1v) is 13.1. The Morgan fingerprint density at radius 1 is 1.35 bits per heavy atom. The molecule has 0 bridgehead atoms. The van der Waals surface area contributed by atoms with E-state index in [1.165, 1.54) is 42.4 Å². The van der Waals surface area contributed by atoms with Gasteiger partial charge in [0.05, 0.1) is 6.54 Å². The highest BCUT2D eigenvalue weighted by Gasteiger charge is 2.40. The van der Waals surface area contributed by atoms with E-state index in [-0.39, 0.29) is 30.8 Å². The van der Waals surface area contributed by atoms with E-state index in [0.29, 0.717) is 15.3 Å². The predicted molar refractivity (Wildman–Crippen MR) is 139 cm³/mol. The molecule has 1 aliphatic rings. The number of alkyl carbamates (subject to hydrolysis) is 1. The third kappa shape index (κ3) is 5.86. The Bertz CT molecular complexity index is 1500. The molecule has 8 nitrogen and oxygen atoms in total. The summed E-state index contributed by atoms with van der Waals surface area (Å²) in [6, 6.07) is 7.73. The van der Waals surface area contributed by atoms with Crippen molar-refractivity contribution in [2.24, 2.45) is 0 Å². The summed E-state index contributed by atoms with van der Waals surface area (Å²) < 4.78 is 63.5. The maximum atomic E-state index is 15.4. The molecule has 1 aliphatic heterocycles. The summed E-state index contributed by atoms with van der Waals surface area (Å²) in [6.45, 7) is 3.51. The average molecular weight is 576 g/mol. The number of nitrogens with one attached hydrogen (secondary N) is 1. The number of nitriles is 1. The van der Waals surface area contributed by atoms with Crippen LogP contribution in [0.3, 0.4) is 0 Å². The quantitative estimate of drug-likeness (QED) is 0.312. The second-order valence-electron chi connectivity index (χ2n) is 9.04. The summed E-state index contributed by atoms with van der Waals surface area (Å²) in [5.41, 5.74) is -0.978. The topological polar surface area (TPSA) is 100 Å². The second kappa shape index (κ2) is 11.5. The molecule has 40 heavy (non-hydrogen) atoms. The Labute approximate surface area is 231 Å². The molecule has 210 valence electrons. The number of hydrogen-bond acceptors (Lipinski definition) is 6. The van der Waals surface area contributed by atoms with Gasteiger partial charge in [-0.25, -0.2) is 9.18 Å². The molecule has 0 aliphatic carbocycles. The fraction of sp³-hybridized carbons (Fsp3) is 0.333. The fourth-order valence-corrected chi connectivity index (χ4v) is 5.62. The first-order chi connectivity index (χ1) is 19.0. The van der Waals surface area contributed by atoms with Gasteiger partial charge in [-0.15, -0.1) is 11.3 Å². The Hall–Kier alpha value is -4.18. The lowest BCUT2D eigenvalue weighted by molar-refractivity contribution is -0.141. The number of halogens is 4. The Morgan fingerprint density at radius 3 is 2.75 bits per heavy atom. The van der Waals surface area contributed by atoms with E-state index < -0.39 is 47.3 Å². The molecule has 0 radical (unpaired) electrons. The summed E-state index contributed by atoms with van der Waals surface area (Å²) in [7, 11) is 1.40. The number of ether oxygens (including phenoxy) is 1. The van der Waals surface area contributed by atoms with Crippen LogP contribution in [0.1, 0.15) is 46.3 Å². The first kappa shape index (κ1) is 28.8. The first-order valence-electron chi connectivity index (χ1n) is 12.3. The van der Waals surface area contributed by atoms with Crippen molar-refractivity contribution < 1.29 is 31.9 Å². The molecule has 0 spiro atoms. The highest BCUT2D eigenvalue weighted by atomic mass is 32.1. The molecule has 3 aromatic rings. The van der Waals surface area contributed by atoms with Crippen molar-refractivity contribution >= 4 is 23.3 Å². The van der Waals surface area contributed by atoms with Gasteiger partial charge in [-0.3, -0.25) is 9.48 Å². The molecule has 3 heterocycles. The standard InChI is InChI=1S/C27H25F4N5O3S/c1-4-36-13-20(25(34-36)27(29,30)31)24-17(6-5-7-21(24)28)19-12-35(14-22-18(19)10-16(11-32)40-22)23(37)9-8-15(2)39-26(38)33-3/h5-10,13,15,19H,4,12,14H2,1-3H3,(H,33,38)/b9-8+/t15-,19-/m0/s1. The summed E-state index contributed by atoms with van der Waals surface area (Å²) in [5.74, 6) is -2.03. The molecule has 4 rings (SSSR count). The third-order valence-electron chi connectivity index (χ3n) is 6.43. The molecule has 0 unspecified atom stereocenters. The number of carbonyl (C=O) groups is 2. The summed E-state index contributed by atoms with van der Waals surface area (Å²) in [6.07, 6.45) is -2.39. The van der Waals surface area contributed by atoms with Gasteiger partial charge in [0, 0.05) is 54.3 Å². The number of alkyl halides is 3. The van der Waals surface area contributed by atoms with Crippen LogP contribution >= 0.6 is 11.3 Å². The van der Waals surface area contributed by atoms with Crippen molar-refractivity contribution in [2.75, 3.05) is 13.6 Å². The molecule has 13 heteroatoms. The number of carbonyl (C=O) groups excluding carboxylic acids is 2. The van der Waals surface area contributed by atoms with Gasteiger partial charge in [0.25, 0.3) is 0 Å². The molecule has 0 saturated carbocycles. The van der Waals surface area contributed by atoms with Gasteiger partial charge in [-0.05, 0) is 43.2 Å². The van der Waals surface area contributed by atoms with Gasteiger partial charge >= 0.3 is 12.3 Å². The molecule has 1 N–H and O–H groups in total. The number of benzene rings is 1. The van der Waals surface area contributed by atoms with Gasteiger partial charge < -0.3 is 15.0 Å². The predicted octanol–water partition coefficient (Wildman–Crippen LogP) is 5.44. The summed E-state index contributed by atoms with van der Waals surface area (Å²) in [5, 5.41) is 15.5. The van der Waals surface area contributed by atoms with Crippen LogP contribution in [0, 0.1) is 17.1 Å². The zero-order chi connectivity index (χ0) is 29.2. The van der Waals surface area contributed by atoms with Crippen molar-refractivity contribution in [3.63, 3.8) is 0 Å². The van der Waals surface area contributed by atoms with Crippen molar-refractivity contribution in [1.82, 2.24) is 20.0 Å². The highest BCUT2D eigenvalue weighted by molar-refractivity contribution is 7.12. The van der Waals surface area contributed by atoms with Crippen LogP contribution in [0.5, 0.6) is 0 Å². The Balaban J connectivity index is 1.79. The number of fused-ring (bicyclic) bond motifs is 1. The van der Waals surface area contributed by atoms with E-state index >= 15 is 4.39 Å². The van der Waals surface area contributed by atoms with E-state index in [9.17, 15) is 28.0 Å². The zero-order valence-electron chi connectivity index (χ0n) is 21.8. The smallest absolute Gasteiger partial charge is 0.435 e. The lowest BCUT2D eigenvalue weighted by atomic mass is 9.83. The number of thiophene rings is 1. The van der Waals surface area contributed by atoms with Crippen molar-refractivity contribution in [3.05, 3.63) is 75.0 Å². The van der Waals surface area contributed by atoms with Crippen LogP contribution < -0.4 is 5.32 Å². The van der Waals surface area contributed by atoms with Crippen LogP contribution in [0.25, 0.3) is 11.1 Å². The number of nitrogens with zero attached hydrogens (tertiary/aromatic N) is 4. The van der Waals surface area contributed by atoms with E-state index in [4.69, 9.17) is 4.74 Å². The van der Waals surface area contributed by atoms with Crippen molar-refractivity contribution in [1.29, 1.82) is 5.26 Å². The van der Waals surface area contributed by atoms with Gasteiger partial charge in [-0.1, -0.05) is 12.1 Å². The van der Waals surface area contributed by atoms with Crippen LogP contribution in [0.2, 0.25) is 0 Å². The SMILES string of the molecule is CCn1cc(-c2c(F)cccc2[C@@H]2CN(C(=O)/C=C/[C@H](C)OC(=O)NC)Cc3sc(C#N)cc32)c(C(F)(F)F)n1. The molecular formula is C27H25F4N5O3S. The highest BCUT2D eigenvalue weighted by Crippen LogP contribution is 2.45. The monoisotopic (exact) mass is 575 g/mol. The molecule has 1 aromatic carbocycles. The molecule has 2 amide bonds. The van der Waals surface area contributed by atoms with Crippen LogP contribution in [0.4, 0.5) is 22.4 Å². The minimum absolute atomic E-state index is 0.0161. The van der Waals surface area contributed by atoms with Gasteiger partial charge in [0.1, 0.15) is 22.9 Å². The molecular weight excluding hydrogens is 550 g/mol. The van der Waals surface area contributed by atoms with Gasteiger partial charge in [0.15, 0.2) is 5.69 Å². The van der Waals surface area contributed by atoms with Gasteiger partial charge in [-0.2, -0.15) is 23.5 Å². The van der Waals surface area contributed by atoms with E-state index in [1.54, 1.807) is 19.9 Å². The number of rotatable bonds is 6. The number of amides is 2. The fourth-order valence-electron chi connectivity index (χ4n) is 4.59. The lowest BCUT2D eigenvalue weighted by Crippen LogP contribution is -2.37. The molecule has 2 atom stereocenters. The average Bonchev–Trinajstić information content (AvgIpc) is 3.55. The van der Waals surface area contributed by atoms with Crippen molar-refractivity contribution in [3.8, 4) is 17.2 Å². The summed E-state index contributed by atoms with van der Waals surface area (Å²) >= 11 is 1.16. The maximum absolute atomic E-state index is 15.4. The minimum atomic E-state index is -4.83. The third-order valence-corrected chi connectivity index (χ3v) is 7.47. The number of aryl methyl sites for hydroxylation is 1. The van der Waals surface area contributed by atoms with E-state index in [1.807, 2.05) is 0 Å². The second-order valence-corrected chi connectivity index (χ2v) is 10.2. The van der Waals surface area contributed by atoms with Crippen LogP contribution in [-0.2, 0) is 28.8 Å². The molecule has 2 aromatic heterocycles.